The van der Waals surface area contributed by atoms with E-state index in [1.165, 1.54) is 29.5 Å². The molecule has 6 rings (SSSR count). The average Bonchev–Trinajstić information content (AvgIpc) is 3.63. The smallest absolute Gasteiger partial charge is 0.417 e. The number of ether oxygens (including phenoxy) is 1. The summed E-state index contributed by atoms with van der Waals surface area (Å²) in [6.45, 7) is 1.73. The van der Waals surface area contributed by atoms with E-state index in [0.717, 1.165) is 52.7 Å². The van der Waals surface area contributed by atoms with Gasteiger partial charge in [0.2, 0.25) is 0 Å². The normalized spacial score (nSPS) is 23.1. The Labute approximate surface area is 238 Å². The molecule has 7 nitrogen and oxygen atoms in total. The SMILES string of the molecule is Cc1cc(C(=O)O)cc2sc(N3C4CC[C@H]3CC(OC/C(C(=N)c3ccccc3C(F)(F)F)=C(/O)C3CC3)C4)nc12. The Hall–Kier alpha value is -3.44. The summed E-state index contributed by atoms with van der Waals surface area (Å²) in [5.41, 5.74) is 0.454. The first-order valence-electron chi connectivity index (χ1n) is 13.7. The molecule has 1 aromatic heterocycles. The number of aliphatic hydroxyl groups is 1. The fourth-order valence-electron chi connectivity index (χ4n) is 6.18. The van der Waals surface area contributed by atoms with Gasteiger partial charge in [-0.2, -0.15) is 13.2 Å². The van der Waals surface area contributed by atoms with Crippen molar-refractivity contribution in [3.63, 3.8) is 0 Å². The van der Waals surface area contributed by atoms with Crippen LogP contribution in [0.1, 0.15) is 65.6 Å². The third-order valence-corrected chi connectivity index (χ3v) is 9.39. The molecule has 1 aliphatic carbocycles. The zero-order valence-corrected chi connectivity index (χ0v) is 23.2. The number of rotatable bonds is 8. The molecule has 0 amide bonds. The van der Waals surface area contributed by atoms with E-state index in [1.54, 1.807) is 12.1 Å². The van der Waals surface area contributed by atoms with Crippen molar-refractivity contribution in [3.8, 4) is 0 Å². The van der Waals surface area contributed by atoms with E-state index in [1.807, 2.05) is 6.92 Å². The minimum Gasteiger partial charge on any atom is -0.512 e. The van der Waals surface area contributed by atoms with Crippen LogP contribution in [-0.2, 0) is 10.9 Å². The number of thiazole rings is 1. The van der Waals surface area contributed by atoms with E-state index in [0.29, 0.717) is 12.8 Å². The number of nitrogens with zero attached hydrogens (tertiary/aromatic N) is 2. The monoisotopic (exact) mass is 585 g/mol. The molecule has 3 aromatic rings. The summed E-state index contributed by atoms with van der Waals surface area (Å²) in [5.74, 6) is -1.16. The van der Waals surface area contributed by atoms with E-state index in [4.69, 9.17) is 15.1 Å². The Kier molecular flexibility index (Phi) is 7.05. The average molecular weight is 586 g/mol. The van der Waals surface area contributed by atoms with Crippen molar-refractivity contribution >= 4 is 38.4 Å². The van der Waals surface area contributed by atoms with E-state index in [9.17, 15) is 28.2 Å². The summed E-state index contributed by atoms with van der Waals surface area (Å²) >= 11 is 1.49. The maximum Gasteiger partial charge on any atom is 0.417 e. The van der Waals surface area contributed by atoms with Gasteiger partial charge in [0, 0.05) is 29.1 Å². The number of aryl methyl sites for hydroxylation is 1. The number of benzene rings is 2. The number of allylic oxidation sites excluding steroid dienone is 1. The largest absolute Gasteiger partial charge is 0.512 e. The summed E-state index contributed by atoms with van der Waals surface area (Å²) in [7, 11) is 0. The molecule has 2 bridgehead atoms. The number of piperidine rings is 1. The Balaban J connectivity index is 1.20. The predicted molar refractivity (Wildman–Crippen MR) is 150 cm³/mol. The number of fused-ring (bicyclic) bond motifs is 3. The first kappa shape index (κ1) is 27.7. The summed E-state index contributed by atoms with van der Waals surface area (Å²) in [6.07, 6.45) is -0.0415. The fraction of sp³-hybridized carbons (Fsp3) is 0.433. The molecule has 3 fully saturated rings. The highest BCUT2D eigenvalue weighted by molar-refractivity contribution is 7.22. The van der Waals surface area contributed by atoms with E-state index < -0.39 is 17.7 Å². The second kappa shape index (κ2) is 10.4. The maximum atomic E-state index is 13.7. The third-order valence-electron chi connectivity index (χ3n) is 8.37. The number of aliphatic hydroxyl groups excluding tert-OH is 1. The Bertz CT molecular complexity index is 1550. The molecule has 2 saturated heterocycles. The quantitative estimate of drug-likeness (QED) is 0.192. The molecule has 3 atom stereocenters. The lowest BCUT2D eigenvalue weighted by Crippen LogP contribution is -2.45. The van der Waals surface area contributed by atoms with Crippen molar-refractivity contribution in [1.82, 2.24) is 4.98 Å². The Morgan fingerprint density at radius 3 is 2.44 bits per heavy atom. The van der Waals surface area contributed by atoms with Crippen LogP contribution in [0.25, 0.3) is 10.2 Å². The number of hydrogen-bond acceptors (Lipinski definition) is 7. The van der Waals surface area contributed by atoms with Gasteiger partial charge in [-0.15, -0.1) is 0 Å². The first-order valence-corrected chi connectivity index (χ1v) is 14.5. The predicted octanol–water partition coefficient (Wildman–Crippen LogP) is 7.13. The minimum absolute atomic E-state index is 0.0436. The first-order chi connectivity index (χ1) is 19.5. The van der Waals surface area contributed by atoms with Crippen LogP contribution in [0.2, 0.25) is 0 Å². The number of carbonyl (C=O) groups is 1. The van der Waals surface area contributed by atoms with Gasteiger partial charge in [0.1, 0.15) is 5.76 Å². The van der Waals surface area contributed by atoms with Gasteiger partial charge in [-0.05, 0) is 69.2 Å². The van der Waals surface area contributed by atoms with Crippen molar-refractivity contribution < 1.29 is 32.9 Å². The molecule has 2 aliphatic heterocycles. The number of halogens is 3. The lowest BCUT2D eigenvalue weighted by Gasteiger charge is -2.38. The lowest BCUT2D eigenvalue weighted by atomic mass is 9.95. The highest BCUT2D eigenvalue weighted by atomic mass is 32.1. The highest BCUT2D eigenvalue weighted by Crippen LogP contribution is 2.44. The number of aromatic carboxylic acids is 1. The third kappa shape index (κ3) is 5.32. The summed E-state index contributed by atoms with van der Waals surface area (Å²) < 4.78 is 48.2. The zero-order valence-electron chi connectivity index (χ0n) is 22.4. The number of carboxylic acid groups (broad SMARTS) is 1. The molecule has 0 spiro atoms. The van der Waals surface area contributed by atoms with E-state index in [-0.39, 0.29) is 58.9 Å². The van der Waals surface area contributed by atoms with Gasteiger partial charge in [-0.25, -0.2) is 9.78 Å². The number of alkyl halides is 3. The standard InChI is InChI=1S/C30H30F3N3O4S/c1-15-10-17(28(38)39)11-24-26(15)35-29(41-24)36-18-8-9-19(36)13-20(12-18)40-14-22(27(37)16-6-7-16)25(34)21-4-2-3-5-23(21)30(31,32)33/h2-5,10-11,16,18-20,34,37H,6-9,12-14H2,1H3,(H,38,39)/b27-22-,34-25?/t18-,19?,20?/m0/s1. The van der Waals surface area contributed by atoms with Crippen molar-refractivity contribution in [3.05, 3.63) is 70.0 Å². The van der Waals surface area contributed by atoms with Crippen LogP contribution >= 0.6 is 11.3 Å². The van der Waals surface area contributed by atoms with Crippen LogP contribution in [0.15, 0.2) is 47.7 Å². The molecule has 41 heavy (non-hydrogen) atoms. The van der Waals surface area contributed by atoms with Gasteiger partial charge >= 0.3 is 12.1 Å². The second-order valence-electron chi connectivity index (χ2n) is 11.2. The number of anilines is 1. The second-order valence-corrected chi connectivity index (χ2v) is 12.2. The molecular weight excluding hydrogens is 555 g/mol. The van der Waals surface area contributed by atoms with Gasteiger partial charge in [0.25, 0.3) is 0 Å². The molecule has 216 valence electrons. The van der Waals surface area contributed by atoms with Gasteiger partial charge in [0.15, 0.2) is 5.13 Å². The lowest BCUT2D eigenvalue weighted by molar-refractivity contribution is -0.137. The van der Waals surface area contributed by atoms with Gasteiger partial charge in [0.05, 0.1) is 39.8 Å². The van der Waals surface area contributed by atoms with E-state index in [2.05, 4.69) is 4.90 Å². The number of hydrogen-bond donors (Lipinski definition) is 3. The molecule has 1 saturated carbocycles. The molecule has 2 aromatic carbocycles. The Morgan fingerprint density at radius 1 is 1.12 bits per heavy atom. The number of aromatic nitrogens is 1. The van der Waals surface area contributed by atoms with Crippen LogP contribution in [0.5, 0.6) is 0 Å². The Morgan fingerprint density at radius 2 is 1.80 bits per heavy atom. The maximum absolute atomic E-state index is 13.7. The van der Waals surface area contributed by atoms with Crippen molar-refractivity contribution in [2.24, 2.45) is 5.92 Å². The van der Waals surface area contributed by atoms with Crippen molar-refractivity contribution in [2.45, 2.75) is 69.8 Å². The van der Waals surface area contributed by atoms with Crippen LogP contribution < -0.4 is 4.90 Å². The molecule has 0 radical (unpaired) electrons. The summed E-state index contributed by atoms with van der Waals surface area (Å²) in [4.78, 5) is 18.7. The molecule has 3 heterocycles. The molecule has 11 heteroatoms. The molecule has 2 unspecified atom stereocenters. The minimum atomic E-state index is -4.62. The summed E-state index contributed by atoms with van der Waals surface area (Å²) in [5, 5.41) is 29.8. The van der Waals surface area contributed by atoms with Gasteiger partial charge < -0.3 is 19.8 Å². The van der Waals surface area contributed by atoms with Gasteiger partial charge in [-0.3, -0.25) is 5.41 Å². The summed E-state index contributed by atoms with van der Waals surface area (Å²) in [6, 6.07) is 8.60. The van der Waals surface area contributed by atoms with Crippen molar-refractivity contribution in [1.29, 1.82) is 5.41 Å². The molecule has 3 aliphatic rings. The zero-order chi connectivity index (χ0) is 29.1. The van der Waals surface area contributed by atoms with Crippen LogP contribution in [0, 0.1) is 18.3 Å². The van der Waals surface area contributed by atoms with Crippen molar-refractivity contribution in [2.75, 3.05) is 11.5 Å². The topological polar surface area (TPSA) is 107 Å². The number of carboxylic acids is 1. The van der Waals surface area contributed by atoms with Crippen LogP contribution in [0.4, 0.5) is 18.3 Å². The van der Waals surface area contributed by atoms with E-state index >= 15 is 0 Å². The molecule has 3 N–H and O–H groups in total. The van der Waals surface area contributed by atoms with Crippen LogP contribution in [0.3, 0.4) is 0 Å². The van der Waals surface area contributed by atoms with Crippen LogP contribution in [-0.4, -0.2) is 51.7 Å². The number of nitrogens with one attached hydrogen (secondary N) is 1. The fourth-order valence-corrected chi connectivity index (χ4v) is 7.41. The highest BCUT2D eigenvalue weighted by Gasteiger charge is 2.43. The van der Waals surface area contributed by atoms with Gasteiger partial charge in [-0.1, -0.05) is 29.5 Å². The molecular formula is C30H30F3N3O4S.